The van der Waals surface area contributed by atoms with Crippen LogP contribution in [0.15, 0.2) is 0 Å². The molecule has 6 fully saturated rings. The maximum Gasteiger partial charge on any atom is 0.278 e. The molecule has 0 aromatic rings. The van der Waals surface area contributed by atoms with Gasteiger partial charge in [-0.25, -0.2) is 10.2 Å². The predicted octanol–water partition coefficient (Wildman–Crippen LogP) is -0.857. The van der Waals surface area contributed by atoms with E-state index < -0.39 is 6.10 Å². The molecule has 0 aromatic carbocycles. The SMILES string of the molecule is CC[N+]1(C)C(C(=O)NC[C@H](O)CN2CCC3CC(OCC4CNCO4)CCC3C2)CC(NC2COC2)NC1N1CCN(C(=O)C(C)C)CC1. The minimum Gasteiger partial charge on any atom is -0.390 e. The summed E-state index contributed by atoms with van der Waals surface area (Å²) in [5.74, 6) is 1.51. The molecule has 14 heteroatoms. The summed E-state index contributed by atoms with van der Waals surface area (Å²) in [5.41, 5.74) is 0. The van der Waals surface area contributed by atoms with E-state index in [4.69, 9.17) is 14.2 Å². The van der Waals surface area contributed by atoms with Gasteiger partial charge < -0.3 is 34.4 Å². The largest absolute Gasteiger partial charge is 0.390 e. The number of quaternary nitrogens is 1. The Morgan fingerprint density at radius 1 is 1.06 bits per heavy atom. The zero-order chi connectivity index (χ0) is 34.5. The lowest BCUT2D eigenvalue weighted by atomic mass is 9.74. The molecule has 14 nitrogen and oxygen atoms in total. The standard InChI is InChI=1S/C35H64N8O6/c1-5-43(4)31(15-32(38-27-20-47-21-27)39-35(43)42-12-10-41(11-13-42)34(46)24(2)3)33(45)37-16-28(44)19-40-9-8-25-14-29(7-6-26(25)18-40)48-22-30-17-36-23-49-30/h24-32,35-36,38-39,44H,5-23H2,1-4H3/p+1/t25?,26?,28-,29?,30?,31?,32?,35?,43?/m0/s1. The summed E-state index contributed by atoms with van der Waals surface area (Å²) in [4.78, 5) is 33.5. The van der Waals surface area contributed by atoms with Crippen molar-refractivity contribution in [2.24, 2.45) is 17.8 Å². The van der Waals surface area contributed by atoms with Crippen LogP contribution >= 0.6 is 0 Å². The number of aliphatic hydroxyl groups is 1. The number of ether oxygens (including phenoxy) is 3. The number of piperidine rings is 1. The van der Waals surface area contributed by atoms with Crippen molar-refractivity contribution in [3.8, 4) is 0 Å². The number of rotatable bonds is 13. The molecule has 5 aliphatic heterocycles. The predicted molar refractivity (Wildman–Crippen MR) is 185 cm³/mol. The average molecular weight is 694 g/mol. The molecule has 49 heavy (non-hydrogen) atoms. The van der Waals surface area contributed by atoms with E-state index in [1.165, 1.54) is 0 Å². The molecule has 5 N–H and O–H groups in total. The number of carbonyl (C=O) groups excluding carboxylic acids is 2. The van der Waals surface area contributed by atoms with Gasteiger partial charge in [0.25, 0.3) is 5.91 Å². The van der Waals surface area contributed by atoms with Gasteiger partial charge in [0.15, 0.2) is 6.04 Å². The topological polar surface area (TPSA) is 140 Å². The Bertz CT molecular complexity index is 1090. The van der Waals surface area contributed by atoms with Gasteiger partial charge in [-0.2, -0.15) is 0 Å². The van der Waals surface area contributed by atoms with E-state index in [0.29, 0.717) is 75.0 Å². The van der Waals surface area contributed by atoms with E-state index in [2.05, 4.69) is 45.0 Å². The molecule has 0 radical (unpaired) electrons. The van der Waals surface area contributed by atoms with Crippen LogP contribution in [0.25, 0.3) is 0 Å². The Kier molecular flexibility index (Phi) is 12.9. The van der Waals surface area contributed by atoms with Crippen molar-refractivity contribution >= 4 is 11.8 Å². The van der Waals surface area contributed by atoms with Crippen LogP contribution in [0.3, 0.4) is 0 Å². The summed E-state index contributed by atoms with van der Waals surface area (Å²) in [6.45, 7) is 16.1. The Morgan fingerprint density at radius 2 is 1.86 bits per heavy atom. The molecular weight excluding hydrogens is 628 g/mol. The summed E-state index contributed by atoms with van der Waals surface area (Å²) in [6, 6.07) is -0.0135. The van der Waals surface area contributed by atoms with Gasteiger partial charge in [-0.3, -0.25) is 24.7 Å². The first-order chi connectivity index (χ1) is 23.6. The smallest absolute Gasteiger partial charge is 0.278 e. The fourth-order valence-electron chi connectivity index (χ4n) is 9.06. The average Bonchev–Trinajstić information content (AvgIpc) is 3.62. The normalized spacial score (nSPS) is 37.1. The zero-order valence-corrected chi connectivity index (χ0v) is 30.5. The summed E-state index contributed by atoms with van der Waals surface area (Å²) >= 11 is 0. The van der Waals surface area contributed by atoms with Crippen molar-refractivity contribution in [3.05, 3.63) is 0 Å². The number of piperazine rings is 1. The van der Waals surface area contributed by atoms with Crippen molar-refractivity contribution in [2.75, 3.05) is 99.0 Å². The van der Waals surface area contributed by atoms with Crippen LogP contribution in [0.1, 0.15) is 52.9 Å². The summed E-state index contributed by atoms with van der Waals surface area (Å²) in [6.07, 6.45) is 4.93. The minimum absolute atomic E-state index is 0.00371. The van der Waals surface area contributed by atoms with Crippen molar-refractivity contribution < 1.29 is 33.4 Å². The van der Waals surface area contributed by atoms with Gasteiger partial charge in [0.05, 0.1) is 70.7 Å². The number of nitrogens with one attached hydrogen (secondary N) is 4. The highest BCUT2D eigenvalue weighted by atomic mass is 16.5. The maximum absolute atomic E-state index is 14.1. The number of fused-ring (bicyclic) bond motifs is 1. The second-order valence-corrected chi connectivity index (χ2v) is 16.0. The second kappa shape index (κ2) is 16.9. The summed E-state index contributed by atoms with van der Waals surface area (Å²) < 4.78 is 17.8. The Labute approximate surface area is 293 Å². The maximum atomic E-state index is 14.1. The first-order valence-electron chi connectivity index (χ1n) is 19.2. The van der Waals surface area contributed by atoms with Crippen LogP contribution in [0.5, 0.6) is 0 Å². The van der Waals surface area contributed by atoms with E-state index in [1.54, 1.807) is 0 Å². The number of carbonyl (C=O) groups is 2. The quantitative estimate of drug-likeness (QED) is 0.154. The molecule has 280 valence electrons. The number of hydrogen-bond acceptors (Lipinski definition) is 11. The number of nitrogens with zero attached hydrogens (tertiary/aromatic N) is 4. The molecule has 9 atom stereocenters. The number of β-amino-alcohol motifs (C(OH)–C–C–N with tert-alkyl or cyclic N) is 1. The van der Waals surface area contributed by atoms with E-state index in [-0.39, 0.29) is 54.9 Å². The van der Waals surface area contributed by atoms with Crippen molar-refractivity contribution in [2.45, 2.75) is 95.7 Å². The van der Waals surface area contributed by atoms with Gasteiger partial charge in [-0.05, 0) is 51.0 Å². The first-order valence-corrected chi connectivity index (χ1v) is 19.2. The highest BCUT2D eigenvalue weighted by Gasteiger charge is 2.52. The molecule has 5 saturated heterocycles. The molecular formula is C35H65N8O6+. The third kappa shape index (κ3) is 9.13. The highest BCUT2D eigenvalue weighted by Crippen LogP contribution is 2.37. The molecule has 1 saturated carbocycles. The lowest BCUT2D eigenvalue weighted by Crippen LogP contribution is -2.80. The third-order valence-electron chi connectivity index (χ3n) is 12.3. The Hall–Kier alpha value is -1.46. The molecule has 1 aliphatic carbocycles. The van der Waals surface area contributed by atoms with E-state index in [9.17, 15) is 14.7 Å². The number of likely N-dealkylation sites (tertiary alicyclic amines) is 1. The van der Waals surface area contributed by atoms with Crippen molar-refractivity contribution in [3.63, 3.8) is 0 Å². The van der Waals surface area contributed by atoms with Crippen molar-refractivity contribution in [1.82, 2.24) is 36.0 Å². The zero-order valence-electron chi connectivity index (χ0n) is 30.5. The van der Waals surface area contributed by atoms with Gasteiger partial charge in [0.1, 0.15) is 0 Å². The van der Waals surface area contributed by atoms with E-state index >= 15 is 0 Å². The van der Waals surface area contributed by atoms with Gasteiger partial charge in [0, 0.05) is 64.7 Å². The van der Waals surface area contributed by atoms with Crippen LogP contribution in [0.4, 0.5) is 0 Å². The molecule has 0 aromatic heterocycles. The van der Waals surface area contributed by atoms with Gasteiger partial charge in [0.2, 0.25) is 12.2 Å². The Balaban J connectivity index is 0.997. The first kappa shape index (κ1) is 37.3. The van der Waals surface area contributed by atoms with Crippen LogP contribution in [-0.2, 0) is 23.8 Å². The van der Waals surface area contributed by atoms with Gasteiger partial charge in [-0.1, -0.05) is 13.8 Å². The summed E-state index contributed by atoms with van der Waals surface area (Å²) in [7, 11) is 2.18. The van der Waals surface area contributed by atoms with Crippen LogP contribution in [0.2, 0.25) is 0 Å². The Morgan fingerprint density at radius 3 is 2.53 bits per heavy atom. The van der Waals surface area contributed by atoms with Gasteiger partial charge >= 0.3 is 0 Å². The molecule has 6 aliphatic rings. The van der Waals surface area contributed by atoms with Crippen LogP contribution in [0, 0.1) is 17.8 Å². The summed E-state index contributed by atoms with van der Waals surface area (Å²) in [5, 5.41) is 25.1. The van der Waals surface area contributed by atoms with Gasteiger partial charge in [-0.15, -0.1) is 0 Å². The lowest BCUT2D eigenvalue weighted by Gasteiger charge is -2.55. The number of likely N-dealkylation sites (N-methyl/N-ethyl adjacent to an activating group) is 1. The number of amides is 2. The molecule has 2 amide bonds. The molecule has 6 rings (SSSR count). The van der Waals surface area contributed by atoms with Crippen LogP contribution < -0.4 is 21.3 Å². The number of aliphatic hydroxyl groups excluding tert-OH is 1. The highest BCUT2D eigenvalue weighted by molar-refractivity contribution is 5.81. The monoisotopic (exact) mass is 694 g/mol. The fraction of sp³-hybridized carbons (Fsp3) is 0.943. The van der Waals surface area contributed by atoms with E-state index in [1.807, 2.05) is 18.7 Å². The molecule has 0 bridgehead atoms. The third-order valence-corrected chi connectivity index (χ3v) is 12.3. The number of hydrogen-bond donors (Lipinski definition) is 5. The minimum atomic E-state index is -0.620. The van der Waals surface area contributed by atoms with E-state index in [0.717, 1.165) is 65.0 Å². The molecule has 5 heterocycles. The van der Waals surface area contributed by atoms with Crippen LogP contribution in [-0.4, -0.2) is 178 Å². The molecule has 8 unspecified atom stereocenters. The lowest BCUT2D eigenvalue weighted by molar-refractivity contribution is -0.966. The molecule has 0 spiro atoms. The second-order valence-electron chi connectivity index (χ2n) is 16.0. The van der Waals surface area contributed by atoms with Crippen molar-refractivity contribution in [1.29, 1.82) is 0 Å². The fourth-order valence-corrected chi connectivity index (χ4v) is 9.06.